The Morgan fingerprint density at radius 2 is 2.24 bits per heavy atom. The van der Waals surface area contributed by atoms with Gasteiger partial charge in [-0.1, -0.05) is 12.1 Å². The van der Waals surface area contributed by atoms with Crippen molar-refractivity contribution in [3.05, 3.63) is 29.3 Å². The van der Waals surface area contributed by atoms with E-state index in [0.29, 0.717) is 11.3 Å². The first-order chi connectivity index (χ1) is 8.11. The molecule has 5 nitrogen and oxygen atoms in total. The topological polar surface area (TPSA) is 82.0 Å². The van der Waals surface area contributed by atoms with Crippen LogP contribution in [0.5, 0.6) is 0 Å². The number of rotatable bonds is 2. The largest absolute Gasteiger partial charge is 0.372 e. The molecule has 2 rings (SSSR count). The van der Waals surface area contributed by atoms with Crippen molar-refractivity contribution < 1.29 is 9.59 Å². The van der Waals surface area contributed by atoms with Crippen LogP contribution in [0.2, 0.25) is 0 Å². The second-order valence-corrected chi connectivity index (χ2v) is 3.92. The first-order valence-electron chi connectivity index (χ1n) is 5.22. The molecule has 17 heavy (non-hydrogen) atoms. The van der Waals surface area contributed by atoms with Crippen molar-refractivity contribution in [1.82, 2.24) is 5.32 Å². The van der Waals surface area contributed by atoms with Crippen molar-refractivity contribution in [2.24, 2.45) is 0 Å². The van der Waals surface area contributed by atoms with E-state index in [1.165, 1.54) is 0 Å². The van der Waals surface area contributed by atoms with E-state index in [1.54, 1.807) is 12.1 Å². The van der Waals surface area contributed by atoms with Gasteiger partial charge in [0, 0.05) is 0 Å². The molecule has 0 saturated carbocycles. The summed E-state index contributed by atoms with van der Waals surface area (Å²) in [6, 6.07) is 6.84. The van der Waals surface area contributed by atoms with Gasteiger partial charge in [0.2, 0.25) is 11.8 Å². The molecule has 2 N–H and O–H groups in total. The van der Waals surface area contributed by atoms with Crippen LogP contribution in [0.4, 0.5) is 5.69 Å². The number of hydrogen-bond acceptors (Lipinski definition) is 4. The lowest BCUT2D eigenvalue weighted by molar-refractivity contribution is -0.124. The first-order valence-corrected chi connectivity index (χ1v) is 5.22. The average molecular weight is 229 g/mol. The lowest BCUT2D eigenvalue weighted by atomic mass is 10.1. The highest BCUT2D eigenvalue weighted by Crippen LogP contribution is 2.20. The van der Waals surface area contributed by atoms with E-state index in [-0.39, 0.29) is 18.2 Å². The molecular formula is C12H11N3O2. The van der Waals surface area contributed by atoms with Gasteiger partial charge in [-0.3, -0.25) is 14.9 Å². The predicted molar refractivity (Wildman–Crippen MR) is 61.1 cm³/mol. The molecule has 1 aromatic carbocycles. The minimum Gasteiger partial charge on any atom is -0.372 e. The molecule has 0 aliphatic carbocycles. The minimum atomic E-state index is -0.587. The van der Waals surface area contributed by atoms with Gasteiger partial charge in [0.05, 0.1) is 17.7 Å². The summed E-state index contributed by atoms with van der Waals surface area (Å²) in [6.07, 6.45) is 0.109. The molecule has 86 valence electrons. The fraction of sp³-hybridized carbons (Fsp3) is 0.250. The molecule has 1 unspecified atom stereocenters. The van der Waals surface area contributed by atoms with Crippen molar-refractivity contribution in [2.75, 3.05) is 5.32 Å². The van der Waals surface area contributed by atoms with Crippen LogP contribution in [0.3, 0.4) is 0 Å². The quantitative estimate of drug-likeness (QED) is 0.731. The predicted octanol–water partition coefficient (Wildman–Crippen LogP) is 0.694. The number of benzene rings is 1. The molecule has 1 aliphatic heterocycles. The van der Waals surface area contributed by atoms with E-state index in [0.717, 1.165) is 5.56 Å². The van der Waals surface area contributed by atoms with Crippen LogP contribution in [-0.2, 0) is 9.59 Å². The summed E-state index contributed by atoms with van der Waals surface area (Å²) in [5.74, 6) is -0.640. The molecule has 0 radical (unpaired) electrons. The van der Waals surface area contributed by atoms with E-state index in [2.05, 4.69) is 16.7 Å². The highest BCUT2D eigenvalue weighted by Gasteiger charge is 2.30. The van der Waals surface area contributed by atoms with Crippen LogP contribution in [-0.4, -0.2) is 17.9 Å². The van der Waals surface area contributed by atoms with Crippen LogP contribution >= 0.6 is 0 Å². The van der Waals surface area contributed by atoms with Gasteiger partial charge in [-0.2, -0.15) is 5.26 Å². The van der Waals surface area contributed by atoms with Gasteiger partial charge in [-0.05, 0) is 18.6 Å². The van der Waals surface area contributed by atoms with Gasteiger partial charge in [0.15, 0.2) is 0 Å². The zero-order chi connectivity index (χ0) is 12.4. The summed E-state index contributed by atoms with van der Waals surface area (Å²) in [5, 5.41) is 14.2. The number of carbonyl (C=O) groups is 2. The van der Waals surface area contributed by atoms with Gasteiger partial charge in [-0.15, -0.1) is 0 Å². The zero-order valence-electron chi connectivity index (χ0n) is 9.28. The third-order valence-electron chi connectivity index (χ3n) is 2.68. The van der Waals surface area contributed by atoms with Crippen LogP contribution in [0.25, 0.3) is 0 Å². The second kappa shape index (κ2) is 4.26. The number of nitriles is 1. The Bertz CT molecular complexity index is 531. The summed E-state index contributed by atoms with van der Waals surface area (Å²) in [7, 11) is 0. The van der Waals surface area contributed by atoms with Crippen LogP contribution in [0.1, 0.15) is 17.5 Å². The summed E-state index contributed by atoms with van der Waals surface area (Å²) in [4.78, 5) is 22.4. The van der Waals surface area contributed by atoms with Crippen LogP contribution < -0.4 is 10.6 Å². The van der Waals surface area contributed by atoms with E-state index >= 15 is 0 Å². The molecule has 1 aromatic rings. The van der Waals surface area contributed by atoms with Crippen molar-refractivity contribution in [1.29, 1.82) is 5.26 Å². The van der Waals surface area contributed by atoms with Crippen molar-refractivity contribution in [2.45, 2.75) is 19.4 Å². The number of nitrogens with one attached hydrogen (secondary N) is 2. The maximum absolute atomic E-state index is 11.4. The van der Waals surface area contributed by atoms with Crippen LogP contribution in [0.15, 0.2) is 18.2 Å². The Hall–Kier alpha value is -2.35. The molecule has 1 atom stereocenters. The SMILES string of the molecule is Cc1cccc(NC2CC(=O)NC2=O)c1C#N. The molecule has 1 fully saturated rings. The Morgan fingerprint density at radius 3 is 2.82 bits per heavy atom. The smallest absolute Gasteiger partial charge is 0.249 e. The average Bonchev–Trinajstić information content (AvgIpc) is 2.58. The maximum Gasteiger partial charge on any atom is 0.249 e. The third-order valence-corrected chi connectivity index (χ3v) is 2.68. The Balaban J connectivity index is 2.25. The number of anilines is 1. The van der Waals surface area contributed by atoms with Crippen molar-refractivity contribution in [3.63, 3.8) is 0 Å². The second-order valence-electron chi connectivity index (χ2n) is 3.92. The number of imide groups is 1. The number of carbonyl (C=O) groups excluding carboxylic acids is 2. The zero-order valence-corrected chi connectivity index (χ0v) is 9.28. The fourth-order valence-electron chi connectivity index (χ4n) is 1.79. The van der Waals surface area contributed by atoms with Gasteiger partial charge in [0.1, 0.15) is 12.1 Å². The number of aryl methyl sites for hydroxylation is 1. The molecule has 5 heteroatoms. The number of hydrogen-bond donors (Lipinski definition) is 2. The molecule has 0 aromatic heterocycles. The molecule has 1 aliphatic rings. The van der Waals surface area contributed by atoms with Crippen molar-refractivity contribution >= 4 is 17.5 Å². The summed E-state index contributed by atoms with van der Waals surface area (Å²) >= 11 is 0. The monoisotopic (exact) mass is 229 g/mol. The molecule has 1 heterocycles. The van der Waals surface area contributed by atoms with Crippen LogP contribution in [0, 0.1) is 18.3 Å². The first kappa shape index (κ1) is 11.1. The summed E-state index contributed by atoms with van der Waals surface area (Å²) < 4.78 is 0. The Labute approximate surface area is 98.4 Å². The minimum absolute atomic E-state index is 0.109. The molecule has 1 saturated heterocycles. The Morgan fingerprint density at radius 1 is 1.47 bits per heavy atom. The van der Waals surface area contributed by atoms with Crippen molar-refractivity contribution in [3.8, 4) is 6.07 Å². The number of nitrogens with zero attached hydrogens (tertiary/aromatic N) is 1. The van der Waals surface area contributed by atoms with Gasteiger partial charge in [0.25, 0.3) is 0 Å². The Kier molecular flexibility index (Phi) is 2.79. The molecular weight excluding hydrogens is 218 g/mol. The highest BCUT2D eigenvalue weighted by atomic mass is 16.2. The summed E-state index contributed by atoms with van der Waals surface area (Å²) in [6.45, 7) is 1.82. The third kappa shape index (κ3) is 2.11. The van der Waals surface area contributed by atoms with Gasteiger partial charge >= 0.3 is 0 Å². The van der Waals surface area contributed by atoms with E-state index in [1.807, 2.05) is 13.0 Å². The van der Waals surface area contributed by atoms with E-state index in [4.69, 9.17) is 5.26 Å². The van der Waals surface area contributed by atoms with E-state index in [9.17, 15) is 9.59 Å². The summed E-state index contributed by atoms with van der Waals surface area (Å²) in [5.41, 5.74) is 1.92. The van der Waals surface area contributed by atoms with Gasteiger partial charge < -0.3 is 5.32 Å². The van der Waals surface area contributed by atoms with Gasteiger partial charge in [-0.25, -0.2) is 0 Å². The normalized spacial score (nSPS) is 18.7. The molecule has 2 amide bonds. The lowest BCUT2D eigenvalue weighted by Crippen LogP contribution is -2.30. The standard InChI is InChI=1S/C12H11N3O2/c1-7-3-2-4-9(8(7)6-13)14-10-5-11(16)15-12(10)17/h2-4,10,14H,5H2,1H3,(H,15,16,17). The molecule has 0 bridgehead atoms. The lowest BCUT2D eigenvalue weighted by Gasteiger charge is -2.13. The fourth-order valence-corrected chi connectivity index (χ4v) is 1.79. The van der Waals surface area contributed by atoms with E-state index < -0.39 is 6.04 Å². The number of amides is 2. The maximum atomic E-state index is 11.4. The molecule has 0 spiro atoms. The highest BCUT2D eigenvalue weighted by molar-refractivity contribution is 6.06.